The molecule has 0 bridgehead atoms. The molecule has 1 aromatic rings. The second-order valence-corrected chi connectivity index (χ2v) is 5.80. The summed E-state index contributed by atoms with van der Waals surface area (Å²) in [5.74, 6) is 4.55. The summed E-state index contributed by atoms with van der Waals surface area (Å²) in [6.45, 7) is 3.18. The lowest BCUT2D eigenvalue weighted by Crippen LogP contribution is -2.35. The molecule has 24 heavy (non-hydrogen) atoms. The van der Waals surface area contributed by atoms with Crippen LogP contribution in [0.4, 0.5) is 0 Å². The number of hydrogen-bond donors (Lipinski definition) is 0. The molecule has 3 amide bonds. The first-order valence-corrected chi connectivity index (χ1v) is 7.96. The largest absolute Gasteiger partial charge is 0.328 e. The van der Waals surface area contributed by atoms with Crippen LogP contribution in [0, 0.1) is 11.8 Å². The maximum absolute atomic E-state index is 12.3. The Hall–Kier alpha value is -2.87. The predicted octanol–water partition coefficient (Wildman–Crippen LogP) is 1.85. The molecule has 1 aromatic carbocycles. The van der Waals surface area contributed by atoms with E-state index < -0.39 is 0 Å². The van der Waals surface area contributed by atoms with Crippen molar-refractivity contribution in [2.75, 3.05) is 19.6 Å². The number of fused-ring (bicyclic) bond motifs is 1. The van der Waals surface area contributed by atoms with Crippen molar-refractivity contribution >= 4 is 17.7 Å². The average Bonchev–Trinajstić information content (AvgIpc) is 2.85. The third-order valence-electron chi connectivity index (χ3n) is 4.36. The predicted molar refractivity (Wildman–Crippen MR) is 89.2 cm³/mol. The first kappa shape index (κ1) is 16.0. The minimum absolute atomic E-state index is 0.159. The van der Waals surface area contributed by atoms with Gasteiger partial charge in [-0.2, -0.15) is 0 Å². The van der Waals surface area contributed by atoms with Gasteiger partial charge in [0.2, 0.25) is 0 Å². The number of carbonyl (C=O) groups is 3. The Balaban J connectivity index is 1.60. The molecule has 2 heterocycles. The van der Waals surface area contributed by atoms with E-state index in [1.54, 1.807) is 36.1 Å². The first-order chi connectivity index (χ1) is 11.6. The van der Waals surface area contributed by atoms with Gasteiger partial charge in [0.15, 0.2) is 0 Å². The van der Waals surface area contributed by atoms with Gasteiger partial charge in [0, 0.05) is 19.6 Å². The second-order valence-electron chi connectivity index (χ2n) is 5.80. The maximum Gasteiger partial charge on any atom is 0.298 e. The highest BCUT2D eigenvalue weighted by atomic mass is 16.2. The molecular weight excluding hydrogens is 304 g/mol. The van der Waals surface area contributed by atoms with Crippen molar-refractivity contribution in [2.24, 2.45) is 0 Å². The highest BCUT2D eigenvalue weighted by Gasteiger charge is 2.34. The van der Waals surface area contributed by atoms with E-state index in [4.69, 9.17) is 0 Å². The molecule has 5 heteroatoms. The molecule has 3 rings (SSSR count). The number of benzene rings is 1. The number of rotatable bonds is 3. The van der Waals surface area contributed by atoms with Gasteiger partial charge < -0.3 is 4.90 Å². The minimum atomic E-state index is -0.220. The van der Waals surface area contributed by atoms with Crippen LogP contribution in [0.1, 0.15) is 40.5 Å². The number of nitrogens with zero attached hydrogens (tertiary/aromatic N) is 2. The smallest absolute Gasteiger partial charge is 0.298 e. The number of amides is 3. The Morgan fingerprint density at radius 1 is 1.17 bits per heavy atom. The molecule has 0 aromatic heterocycles. The van der Waals surface area contributed by atoms with E-state index in [0.717, 1.165) is 6.42 Å². The number of hydrogen-bond acceptors (Lipinski definition) is 3. The molecule has 0 radical (unpaired) electrons. The fourth-order valence-electron chi connectivity index (χ4n) is 3.01. The van der Waals surface area contributed by atoms with Crippen LogP contribution in [0.3, 0.4) is 0 Å². The molecule has 0 unspecified atom stereocenters. The van der Waals surface area contributed by atoms with Gasteiger partial charge in [-0.3, -0.25) is 19.3 Å². The van der Waals surface area contributed by atoms with Crippen molar-refractivity contribution < 1.29 is 14.4 Å². The Labute approximate surface area is 140 Å². The van der Waals surface area contributed by atoms with Crippen LogP contribution in [0.2, 0.25) is 0 Å². The molecule has 0 atom stereocenters. The van der Waals surface area contributed by atoms with Gasteiger partial charge in [0.05, 0.1) is 11.1 Å². The molecule has 0 saturated heterocycles. The van der Waals surface area contributed by atoms with Crippen LogP contribution in [0.15, 0.2) is 35.9 Å². The van der Waals surface area contributed by atoms with Crippen molar-refractivity contribution in [2.45, 2.75) is 19.8 Å². The average molecular weight is 322 g/mol. The SMILES string of the molecule is CC#CC(=O)N1CC=C(CCN2C(=O)c3ccccc3C2=O)CC1. The standard InChI is InChI=1S/C19H18N2O3/c1-2-5-17(22)20-11-8-14(9-12-20)10-13-21-18(23)15-6-3-4-7-16(15)19(21)24/h3-4,6-8H,9-13H2,1H3. The summed E-state index contributed by atoms with van der Waals surface area (Å²) >= 11 is 0. The molecule has 122 valence electrons. The Kier molecular flexibility index (Phi) is 4.48. The zero-order valence-electron chi connectivity index (χ0n) is 13.5. The summed E-state index contributed by atoms with van der Waals surface area (Å²) in [7, 11) is 0. The zero-order valence-corrected chi connectivity index (χ0v) is 13.5. The highest BCUT2D eigenvalue weighted by molar-refractivity contribution is 6.21. The monoisotopic (exact) mass is 322 g/mol. The van der Waals surface area contributed by atoms with Crippen LogP contribution in [-0.2, 0) is 4.79 Å². The summed E-state index contributed by atoms with van der Waals surface area (Å²) in [4.78, 5) is 39.3. The van der Waals surface area contributed by atoms with Crippen molar-refractivity contribution in [3.05, 3.63) is 47.0 Å². The van der Waals surface area contributed by atoms with Crippen LogP contribution < -0.4 is 0 Å². The molecule has 2 aliphatic heterocycles. The van der Waals surface area contributed by atoms with Crippen molar-refractivity contribution in [3.63, 3.8) is 0 Å². The summed E-state index contributed by atoms with van der Waals surface area (Å²) < 4.78 is 0. The molecule has 5 nitrogen and oxygen atoms in total. The lowest BCUT2D eigenvalue weighted by Gasteiger charge is -2.25. The quantitative estimate of drug-likeness (QED) is 0.485. The van der Waals surface area contributed by atoms with E-state index in [1.807, 2.05) is 6.08 Å². The van der Waals surface area contributed by atoms with Crippen molar-refractivity contribution in [1.82, 2.24) is 9.80 Å². The van der Waals surface area contributed by atoms with E-state index in [1.165, 1.54) is 10.5 Å². The number of imide groups is 1. The summed E-state index contributed by atoms with van der Waals surface area (Å²) in [5, 5.41) is 0. The van der Waals surface area contributed by atoms with Crippen molar-refractivity contribution in [3.8, 4) is 11.8 Å². The van der Waals surface area contributed by atoms with Crippen LogP contribution in [0.5, 0.6) is 0 Å². The van der Waals surface area contributed by atoms with Crippen LogP contribution in [0.25, 0.3) is 0 Å². The van der Waals surface area contributed by atoms with Crippen LogP contribution >= 0.6 is 0 Å². The fourth-order valence-corrected chi connectivity index (χ4v) is 3.01. The van der Waals surface area contributed by atoms with Gasteiger partial charge >= 0.3 is 0 Å². The Bertz CT molecular complexity index is 763. The molecule has 0 spiro atoms. The molecule has 0 N–H and O–H groups in total. The molecule has 2 aliphatic rings. The van der Waals surface area contributed by atoms with E-state index in [2.05, 4.69) is 11.8 Å². The molecular formula is C19H18N2O3. The third-order valence-corrected chi connectivity index (χ3v) is 4.36. The van der Waals surface area contributed by atoms with E-state index >= 15 is 0 Å². The topological polar surface area (TPSA) is 57.7 Å². The van der Waals surface area contributed by atoms with Gasteiger partial charge in [-0.05, 0) is 37.8 Å². The van der Waals surface area contributed by atoms with Gasteiger partial charge in [-0.25, -0.2) is 0 Å². The minimum Gasteiger partial charge on any atom is -0.328 e. The lowest BCUT2D eigenvalue weighted by atomic mass is 10.0. The van der Waals surface area contributed by atoms with Crippen molar-refractivity contribution in [1.29, 1.82) is 0 Å². The number of carbonyl (C=O) groups excluding carboxylic acids is 3. The first-order valence-electron chi connectivity index (χ1n) is 7.96. The lowest BCUT2D eigenvalue weighted by molar-refractivity contribution is -0.124. The molecule has 0 fully saturated rings. The highest BCUT2D eigenvalue weighted by Crippen LogP contribution is 2.24. The normalized spacial score (nSPS) is 16.5. The fraction of sp³-hybridized carbons (Fsp3) is 0.316. The second kappa shape index (κ2) is 6.71. The van der Waals surface area contributed by atoms with E-state index in [-0.39, 0.29) is 17.7 Å². The zero-order chi connectivity index (χ0) is 17.1. The van der Waals surface area contributed by atoms with Gasteiger partial charge in [0.25, 0.3) is 17.7 Å². The van der Waals surface area contributed by atoms with E-state index in [0.29, 0.717) is 37.2 Å². The van der Waals surface area contributed by atoms with Gasteiger partial charge in [-0.15, -0.1) is 0 Å². The van der Waals surface area contributed by atoms with Gasteiger partial charge in [-0.1, -0.05) is 29.7 Å². The summed E-state index contributed by atoms with van der Waals surface area (Å²) in [6, 6.07) is 6.91. The summed E-state index contributed by atoms with van der Waals surface area (Å²) in [6.07, 6.45) is 3.39. The third kappa shape index (κ3) is 2.95. The summed E-state index contributed by atoms with van der Waals surface area (Å²) in [5.41, 5.74) is 2.13. The van der Waals surface area contributed by atoms with Crippen LogP contribution in [-0.4, -0.2) is 47.2 Å². The molecule has 0 aliphatic carbocycles. The maximum atomic E-state index is 12.3. The molecule has 0 saturated carbocycles. The Morgan fingerprint density at radius 3 is 2.38 bits per heavy atom. The van der Waals surface area contributed by atoms with Gasteiger partial charge in [0.1, 0.15) is 0 Å². The van der Waals surface area contributed by atoms with E-state index in [9.17, 15) is 14.4 Å². The Morgan fingerprint density at radius 2 is 1.83 bits per heavy atom.